The highest BCUT2D eigenvalue weighted by atomic mass is 32.2. The first-order chi connectivity index (χ1) is 10.9. The molecule has 2 rings (SSSR count). The molecule has 0 bridgehead atoms. The second-order valence-electron chi connectivity index (χ2n) is 5.51. The van der Waals surface area contributed by atoms with Crippen molar-refractivity contribution in [2.24, 2.45) is 0 Å². The van der Waals surface area contributed by atoms with E-state index in [0.717, 1.165) is 5.56 Å². The maximum absolute atomic E-state index is 12.9. The number of aryl methyl sites for hydroxylation is 1. The Morgan fingerprint density at radius 2 is 1.91 bits per heavy atom. The Bertz CT molecular complexity index is 667. The number of amides is 1. The monoisotopic (exact) mass is 340 g/mol. The largest absolute Gasteiger partial charge is 0.379 e. The number of hydrogen-bond acceptors (Lipinski definition) is 4. The Morgan fingerprint density at radius 3 is 2.48 bits per heavy atom. The van der Waals surface area contributed by atoms with Gasteiger partial charge in [-0.05, 0) is 31.0 Å². The molecule has 0 radical (unpaired) electrons. The highest BCUT2D eigenvalue weighted by Crippen LogP contribution is 2.24. The van der Waals surface area contributed by atoms with Gasteiger partial charge in [0.25, 0.3) is 5.91 Å². The molecule has 1 saturated heterocycles. The van der Waals surface area contributed by atoms with Gasteiger partial charge in [-0.15, -0.1) is 0 Å². The smallest absolute Gasteiger partial charge is 0.253 e. The quantitative estimate of drug-likeness (QED) is 0.812. The summed E-state index contributed by atoms with van der Waals surface area (Å²) in [5, 5.41) is 0. The number of morpholine rings is 1. The second kappa shape index (κ2) is 7.42. The summed E-state index contributed by atoms with van der Waals surface area (Å²) in [7, 11) is -1.91. The minimum atomic E-state index is -3.61. The average Bonchev–Trinajstić information content (AvgIpc) is 2.60. The minimum absolute atomic E-state index is 0.173. The predicted molar refractivity (Wildman–Crippen MR) is 88.0 cm³/mol. The fourth-order valence-corrected chi connectivity index (χ4v) is 4.24. The van der Waals surface area contributed by atoms with Gasteiger partial charge in [0, 0.05) is 32.2 Å². The highest BCUT2D eigenvalue weighted by molar-refractivity contribution is 7.89. The van der Waals surface area contributed by atoms with E-state index in [1.54, 1.807) is 24.1 Å². The number of benzene rings is 1. The number of hydrogen-bond donors (Lipinski definition) is 0. The van der Waals surface area contributed by atoms with E-state index in [4.69, 9.17) is 4.74 Å². The van der Waals surface area contributed by atoms with Crippen molar-refractivity contribution in [1.29, 1.82) is 0 Å². The van der Waals surface area contributed by atoms with E-state index in [-0.39, 0.29) is 10.8 Å². The zero-order valence-electron chi connectivity index (χ0n) is 13.9. The van der Waals surface area contributed by atoms with Crippen LogP contribution < -0.4 is 0 Å². The fourth-order valence-electron chi connectivity index (χ4n) is 2.51. The minimum Gasteiger partial charge on any atom is -0.379 e. The maximum Gasteiger partial charge on any atom is 0.253 e. The number of ether oxygens (including phenoxy) is 1. The molecule has 7 heteroatoms. The lowest BCUT2D eigenvalue weighted by Gasteiger charge is -2.27. The molecular weight excluding hydrogens is 316 g/mol. The van der Waals surface area contributed by atoms with Crippen LogP contribution in [0.15, 0.2) is 23.1 Å². The van der Waals surface area contributed by atoms with Crippen LogP contribution >= 0.6 is 0 Å². The molecule has 0 unspecified atom stereocenters. The van der Waals surface area contributed by atoms with Crippen molar-refractivity contribution in [3.05, 3.63) is 29.3 Å². The van der Waals surface area contributed by atoms with Crippen LogP contribution in [-0.2, 0) is 21.2 Å². The molecule has 0 aliphatic carbocycles. The molecule has 1 amide bonds. The lowest BCUT2D eigenvalue weighted by Crippen LogP contribution is -2.41. The van der Waals surface area contributed by atoms with Gasteiger partial charge in [-0.1, -0.05) is 13.0 Å². The molecule has 0 saturated carbocycles. The molecule has 0 aromatic heterocycles. The van der Waals surface area contributed by atoms with Crippen LogP contribution in [0, 0.1) is 0 Å². The summed E-state index contributed by atoms with van der Waals surface area (Å²) in [4.78, 5) is 14.1. The Labute approximate surface area is 138 Å². The Hall–Kier alpha value is -1.44. The van der Waals surface area contributed by atoms with Crippen LogP contribution in [-0.4, -0.2) is 63.4 Å². The number of sulfonamides is 1. The van der Waals surface area contributed by atoms with E-state index >= 15 is 0 Å². The van der Waals surface area contributed by atoms with Crippen molar-refractivity contribution in [2.75, 3.05) is 39.9 Å². The second-order valence-corrected chi connectivity index (χ2v) is 7.42. The number of nitrogens with zero attached hydrogens (tertiary/aromatic N) is 2. The SMILES string of the molecule is CCc1ccc(C(=O)N(C)CC)cc1S(=O)(=O)N1CCOCC1. The standard InChI is InChI=1S/C16H24N2O4S/c1-4-13-6-7-14(16(19)17(3)5-2)12-15(13)23(20,21)18-8-10-22-11-9-18/h6-7,12H,4-5,8-11H2,1-3H3. The Balaban J connectivity index is 2.45. The molecule has 23 heavy (non-hydrogen) atoms. The molecule has 1 fully saturated rings. The molecule has 0 N–H and O–H groups in total. The Kier molecular flexibility index (Phi) is 5.78. The Morgan fingerprint density at radius 1 is 1.26 bits per heavy atom. The van der Waals surface area contributed by atoms with Crippen LogP contribution in [0.4, 0.5) is 0 Å². The summed E-state index contributed by atoms with van der Waals surface area (Å²) in [6, 6.07) is 4.95. The zero-order valence-corrected chi connectivity index (χ0v) is 14.7. The van der Waals surface area contributed by atoms with Gasteiger partial charge in [0.1, 0.15) is 0 Å². The van der Waals surface area contributed by atoms with Crippen molar-refractivity contribution in [2.45, 2.75) is 25.2 Å². The normalized spacial score (nSPS) is 16.3. The third kappa shape index (κ3) is 3.73. The van der Waals surface area contributed by atoms with Crippen molar-refractivity contribution in [3.8, 4) is 0 Å². The third-order valence-electron chi connectivity index (χ3n) is 4.10. The molecule has 1 aromatic carbocycles. The molecule has 6 nitrogen and oxygen atoms in total. The lowest BCUT2D eigenvalue weighted by atomic mass is 10.1. The summed E-state index contributed by atoms with van der Waals surface area (Å²) < 4.78 is 32.5. The average molecular weight is 340 g/mol. The van der Waals surface area contributed by atoms with Gasteiger partial charge in [-0.3, -0.25) is 4.79 Å². The van der Waals surface area contributed by atoms with Gasteiger partial charge in [-0.2, -0.15) is 4.31 Å². The molecular formula is C16H24N2O4S. The van der Waals surface area contributed by atoms with Crippen molar-refractivity contribution >= 4 is 15.9 Å². The zero-order chi connectivity index (χ0) is 17.0. The highest BCUT2D eigenvalue weighted by Gasteiger charge is 2.29. The first-order valence-electron chi connectivity index (χ1n) is 7.88. The molecule has 1 aliphatic rings. The van der Waals surface area contributed by atoms with E-state index in [0.29, 0.717) is 44.8 Å². The van der Waals surface area contributed by atoms with Crippen LogP contribution in [0.5, 0.6) is 0 Å². The first-order valence-corrected chi connectivity index (χ1v) is 9.32. The van der Waals surface area contributed by atoms with Crippen molar-refractivity contribution in [3.63, 3.8) is 0 Å². The number of carbonyl (C=O) groups is 1. The van der Waals surface area contributed by atoms with Crippen LogP contribution in [0.2, 0.25) is 0 Å². The molecule has 128 valence electrons. The molecule has 1 heterocycles. The predicted octanol–water partition coefficient (Wildman–Crippen LogP) is 1.36. The maximum atomic E-state index is 12.9. The van der Waals surface area contributed by atoms with Crippen molar-refractivity contribution < 1.29 is 17.9 Å². The lowest BCUT2D eigenvalue weighted by molar-refractivity contribution is 0.0730. The van der Waals surface area contributed by atoms with E-state index in [1.165, 1.54) is 10.4 Å². The van der Waals surface area contributed by atoms with Gasteiger partial charge < -0.3 is 9.64 Å². The van der Waals surface area contributed by atoms with Crippen LogP contribution in [0.25, 0.3) is 0 Å². The van der Waals surface area contributed by atoms with E-state index in [1.807, 2.05) is 13.8 Å². The van der Waals surface area contributed by atoms with Crippen LogP contribution in [0.3, 0.4) is 0 Å². The summed E-state index contributed by atoms with van der Waals surface area (Å²) in [5.74, 6) is -0.173. The topological polar surface area (TPSA) is 66.9 Å². The van der Waals surface area contributed by atoms with Gasteiger partial charge in [-0.25, -0.2) is 8.42 Å². The van der Waals surface area contributed by atoms with Gasteiger partial charge in [0.15, 0.2) is 0 Å². The van der Waals surface area contributed by atoms with Gasteiger partial charge >= 0.3 is 0 Å². The number of rotatable bonds is 5. The van der Waals surface area contributed by atoms with Gasteiger partial charge in [0.05, 0.1) is 18.1 Å². The van der Waals surface area contributed by atoms with Crippen LogP contribution in [0.1, 0.15) is 29.8 Å². The van der Waals surface area contributed by atoms with E-state index in [2.05, 4.69) is 0 Å². The molecule has 1 aliphatic heterocycles. The molecule has 1 aromatic rings. The molecule has 0 atom stereocenters. The number of carbonyl (C=O) groups excluding carboxylic acids is 1. The van der Waals surface area contributed by atoms with Gasteiger partial charge in [0.2, 0.25) is 10.0 Å². The third-order valence-corrected chi connectivity index (χ3v) is 6.08. The first kappa shape index (κ1) is 17.9. The van der Waals surface area contributed by atoms with E-state index < -0.39 is 10.0 Å². The fraction of sp³-hybridized carbons (Fsp3) is 0.562. The van der Waals surface area contributed by atoms with Crippen molar-refractivity contribution in [1.82, 2.24) is 9.21 Å². The van der Waals surface area contributed by atoms with E-state index in [9.17, 15) is 13.2 Å². The summed E-state index contributed by atoms with van der Waals surface area (Å²) >= 11 is 0. The molecule has 0 spiro atoms. The summed E-state index contributed by atoms with van der Waals surface area (Å²) in [5.41, 5.74) is 1.13. The summed E-state index contributed by atoms with van der Waals surface area (Å²) in [6.45, 7) is 5.85. The summed E-state index contributed by atoms with van der Waals surface area (Å²) in [6.07, 6.45) is 0.594.